The number of allylic oxidation sites excluding steroid dienone is 8. The van der Waals surface area contributed by atoms with Crippen LogP contribution in [-0.4, -0.2) is 37.0 Å². The van der Waals surface area contributed by atoms with Gasteiger partial charge in [0.25, 0.3) is 0 Å². The predicted molar refractivity (Wildman–Crippen MR) is 219 cm³/mol. The summed E-state index contributed by atoms with van der Waals surface area (Å²) in [4.78, 5) is 12.2. The highest BCUT2D eigenvalue weighted by atomic mass is 16.6. The van der Waals surface area contributed by atoms with Crippen LogP contribution >= 0.6 is 0 Å². The number of carbonyl (C=O) groups is 1. The van der Waals surface area contributed by atoms with Crippen LogP contribution in [0.4, 0.5) is 0 Å². The van der Waals surface area contributed by atoms with Gasteiger partial charge in [-0.1, -0.05) is 178 Å². The molecule has 0 amide bonds. The van der Waals surface area contributed by atoms with E-state index in [0.29, 0.717) is 13.0 Å². The highest BCUT2D eigenvalue weighted by Crippen LogP contribution is 2.12. The third-order valence-corrected chi connectivity index (χ3v) is 9.38. The zero-order chi connectivity index (χ0) is 36.3. The molecule has 0 aliphatic heterocycles. The van der Waals surface area contributed by atoms with Crippen LogP contribution < -0.4 is 0 Å². The Balaban J connectivity index is 3.47. The second kappa shape index (κ2) is 43.5. The zero-order valence-electron chi connectivity index (χ0n) is 33.4. The molecule has 1 atom stereocenters. The molecule has 0 bridgehead atoms. The molecule has 4 nitrogen and oxygen atoms in total. The minimum Gasteiger partial charge on any atom is -0.457 e. The van der Waals surface area contributed by atoms with Crippen LogP contribution in [0.5, 0.6) is 0 Å². The molecule has 0 rings (SSSR count). The molecule has 0 aromatic rings. The number of hydrogen-bond acceptors (Lipinski definition) is 4. The Bertz CT molecular complexity index is 783. The van der Waals surface area contributed by atoms with Crippen molar-refractivity contribution in [1.29, 1.82) is 0 Å². The molecule has 0 aromatic carbocycles. The lowest BCUT2D eigenvalue weighted by atomic mass is 10.1. The van der Waals surface area contributed by atoms with Crippen molar-refractivity contribution in [3.63, 3.8) is 0 Å². The molecule has 0 saturated heterocycles. The SMILES string of the molecule is CCCCCCC/C=C\C/C=C\C/C=C\CCCCCCCCCOCC(CO)OC(=O)CCCCCCC/C=C\CCCCCCCCC. The smallest absolute Gasteiger partial charge is 0.306 e. The van der Waals surface area contributed by atoms with Crippen LogP contribution in [0.1, 0.15) is 213 Å². The molecule has 0 aliphatic carbocycles. The van der Waals surface area contributed by atoms with Crippen molar-refractivity contribution in [3.8, 4) is 0 Å². The average Bonchev–Trinajstić information content (AvgIpc) is 3.12. The molecule has 1 unspecified atom stereocenters. The maximum atomic E-state index is 12.2. The first-order chi connectivity index (χ1) is 24.7. The van der Waals surface area contributed by atoms with Crippen LogP contribution in [0.3, 0.4) is 0 Å². The number of rotatable bonds is 40. The predicted octanol–water partition coefficient (Wildman–Crippen LogP) is 14.3. The largest absolute Gasteiger partial charge is 0.457 e. The van der Waals surface area contributed by atoms with Crippen LogP contribution in [0.15, 0.2) is 48.6 Å². The van der Waals surface area contributed by atoms with Crippen molar-refractivity contribution < 1.29 is 19.4 Å². The lowest BCUT2D eigenvalue weighted by Gasteiger charge is -2.15. The van der Waals surface area contributed by atoms with Crippen LogP contribution in [0.2, 0.25) is 0 Å². The van der Waals surface area contributed by atoms with Crippen LogP contribution in [-0.2, 0) is 14.3 Å². The van der Waals surface area contributed by atoms with Gasteiger partial charge < -0.3 is 14.6 Å². The summed E-state index contributed by atoms with van der Waals surface area (Å²) in [6.07, 6.45) is 56.0. The van der Waals surface area contributed by atoms with E-state index >= 15 is 0 Å². The number of unbranched alkanes of at least 4 members (excludes halogenated alkanes) is 24. The zero-order valence-corrected chi connectivity index (χ0v) is 33.4. The second-order valence-corrected chi connectivity index (χ2v) is 14.4. The molecule has 4 heteroatoms. The third kappa shape index (κ3) is 40.8. The monoisotopic (exact) mass is 701 g/mol. The summed E-state index contributed by atoms with van der Waals surface area (Å²) in [5, 5.41) is 9.60. The van der Waals surface area contributed by atoms with Gasteiger partial charge in [-0.2, -0.15) is 0 Å². The second-order valence-electron chi connectivity index (χ2n) is 14.4. The Kier molecular flexibility index (Phi) is 42.1. The summed E-state index contributed by atoms with van der Waals surface area (Å²) >= 11 is 0. The van der Waals surface area contributed by atoms with Gasteiger partial charge in [-0.15, -0.1) is 0 Å². The van der Waals surface area contributed by atoms with Gasteiger partial charge in [-0.3, -0.25) is 4.79 Å². The lowest BCUT2D eigenvalue weighted by molar-refractivity contribution is -0.154. The molecular formula is C46H84O4. The molecule has 0 fully saturated rings. The van der Waals surface area contributed by atoms with Gasteiger partial charge >= 0.3 is 5.97 Å². The molecule has 50 heavy (non-hydrogen) atoms. The minimum absolute atomic E-state index is 0.180. The molecule has 0 saturated carbocycles. The van der Waals surface area contributed by atoms with E-state index in [2.05, 4.69) is 62.5 Å². The number of hydrogen-bond donors (Lipinski definition) is 1. The van der Waals surface area contributed by atoms with Crippen molar-refractivity contribution in [2.24, 2.45) is 0 Å². The lowest BCUT2D eigenvalue weighted by Crippen LogP contribution is -2.27. The number of esters is 1. The van der Waals surface area contributed by atoms with E-state index in [1.54, 1.807) is 0 Å². The normalized spacial score (nSPS) is 12.8. The van der Waals surface area contributed by atoms with E-state index in [1.165, 1.54) is 161 Å². The number of aliphatic hydroxyl groups excluding tert-OH is 1. The summed E-state index contributed by atoms with van der Waals surface area (Å²) in [7, 11) is 0. The molecule has 1 N–H and O–H groups in total. The van der Waals surface area contributed by atoms with Crippen molar-refractivity contribution in [2.75, 3.05) is 19.8 Å². The fourth-order valence-electron chi connectivity index (χ4n) is 6.09. The Morgan fingerprint density at radius 2 is 0.840 bits per heavy atom. The average molecular weight is 701 g/mol. The van der Waals surface area contributed by atoms with Gasteiger partial charge in [0.2, 0.25) is 0 Å². The third-order valence-electron chi connectivity index (χ3n) is 9.38. The molecule has 292 valence electrons. The summed E-state index contributed by atoms with van der Waals surface area (Å²) in [6, 6.07) is 0. The van der Waals surface area contributed by atoms with Gasteiger partial charge in [0.15, 0.2) is 0 Å². The number of aliphatic hydroxyl groups is 1. The highest BCUT2D eigenvalue weighted by molar-refractivity contribution is 5.69. The Hall–Kier alpha value is -1.65. The van der Waals surface area contributed by atoms with Crippen molar-refractivity contribution in [2.45, 2.75) is 219 Å². The fraction of sp³-hybridized carbons (Fsp3) is 0.804. The van der Waals surface area contributed by atoms with E-state index in [-0.39, 0.29) is 19.2 Å². The first kappa shape index (κ1) is 48.3. The van der Waals surface area contributed by atoms with E-state index in [9.17, 15) is 9.90 Å². The topological polar surface area (TPSA) is 55.8 Å². The molecule has 0 radical (unpaired) electrons. The Morgan fingerprint density at radius 1 is 0.480 bits per heavy atom. The molecular weight excluding hydrogens is 617 g/mol. The number of carbonyl (C=O) groups excluding carboxylic acids is 1. The van der Waals surface area contributed by atoms with Gasteiger partial charge in [-0.05, 0) is 77.0 Å². The van der Waals surface area contributed by atoms with E-state index in [0.717, 1.165) is 32.1 Å². The fourth-order valence-corrected chi connectivity index (χ4v) is 6.09. The first-order valence-corrected chi connectivity index (χ1v) is 21.7. The van der Waals surface area contributed by atoms with Gasteiger partial charge in [0.05, 0.1) is 13.2 Å². The van der Waals surface area contributed by atoms with E-state index in [1.807, 2.05) is 0 Å². The van der Waals surface area contributed by atoms with Crippen molar-refractivity contribution in [1.82, 2.24) is 0 Å². The van der Waals surface area contributed by atoms with Crippen LogP contribution in [0.25, 0.3) is 0 Å². The standard InChI is InChI=1S/C46H84O4/c1-3-5-7-9-11-13-15-17-19-21-22-23-24-25-26-28-30-32-34-36-38-40-42-49-44-45(43-47)50-46(48)41-39-37-35-33-31-29-27-20-18-16-14-12-10-8-6-4-2/h15,17,20-22,24-25,27,45,47H,3-14,16,18-19,23,26,28-44H2,1-2H3/b17-15-,22-21-,25-24-,27-20-. The maximum absolute atomic E-state index is 12.2. The summed E-state index contributed by atoms with van der Waals surface area (Å²) in [5.41, 5.74) is 0. The van der Waals surface area contributed by atoms with E-state index in [4.69, 9.17) is 9.47 Å². The quantitative estimate of drug-likeness (QED) is 0.0393. The summed E-state index contributed by atoms with van der Waals surface area (Å²) < 4.78 is 11.2. The first-order valence-electron chi connectivity index (χ1n) is 21.7. The summed E-state index contributed by atoms with van der Waals surface area (Å²) in [5.74, 6) is -0.213. The number of ether oxygens (including phenoxy) is 2. The molecule has 0 heterocycles. The molecule has 0 aromatic heterocycles. The van der Waals surface area contributed by atoms with Crippen molar-refractivity contribution >= 4 is 5.97 Å². The van der Waals surface area contributed by atoms with Gasteiger partial charge in [0.1, 0.15) is 6.10 Å². The van der Waals surface area contributed by atoms with Crippen LogP contribution in [0, 0.1) is 0 Å². The Morgan fingerprint density at radius 3 is 1.28 bits per heavy atom. The summed E-state index contributed by atoms with van der Waals surface area (Å²) in [6.45, 7) is 5.31. The van der Waals surface area contributed by atoms with E-state index < -0.39 is 6.10 Å². The Labute approximate surface area is 312 Å². The minimum atomic E-state index is -0.544. The maximum Gasteiger partial charge on any atom is 0.306 e. The van der Waals surface area contributed by atoms with Gasteiger partial charge in [-0.25, -0.2) is 0 Å². The highest BCUT2D eigenvalue weighted by Gasteiger charge is 2.13. The molecule has 0 aliphatic rings. The molecule has 0 spiro atoms. The van der Waals surface area contributed by atoms with Crippen molar-refractivity contribution in [3.05, 3.63) is 48.6 Å². The van der Waals surface area contributed by atoms with Gasteiger partial charge in [0, 0.05) is 13.0 Å².